The van der Waals surface area contributed by atoms with Crippen LogP contribution in [0.5, 0.6) is 11.5 Å². The van der Waals surface area contributed by atoms with Gasteiger partial charge in [-0.1, -0.05) is 25.5 Å². The quantitative estimate of drug-likeness (QED) is 0.381. The molecule has 1 amide bonds. The molecule has 0 aliphatic carbocycles. The van der Waals surface area contributed by atoms with Crippen LogP contribution in [-0.2, 0) is 14.3 Å². The van der Waals surface area contributed by atoms with Crippen molar-refractivity contribution in [2.75, 3.05) is 32.3 Å². The zero-order chi connectivity index (χ0) is 23.5. The van der Waals surface area contributed by atoms with Gasteiger partial charge in [-0.3, -0.25) is 14.5 Å². The lowest BCUT2D eigenvalue weighted by Gasteiger charge is -2.38. The van der Waals surface area contributed by atoms with Gasteiger partial charge < -0.3 is 18.8 Å². The summed E-state index contributed by atoms with van der Waals surface area (Å²) in [5.74, 6) is -0.284. The van der Waals surface area contributed by atoms with Crippen molar-refractivity contribution in [3.8, 4) is 11.5 Å². The number of benzene rings is 2. The highest BCUT2D eigenvalue weighted by Crippen LogP contribution is 2.44. The van der Waals surface area contributed by atoms with E-state index < -0.39 is 17.9 Å². The van der Waals surface area contributed by atoms with Crippen LogP contribution in [0.25, 0.3) is 11.0 Å². The molecule has 0 radical (unpaired) electrons. The van der Waals surface area contributed by atoms with Crippen molar-refractivity contribution >= 4 is 28.9 Å². The number of esters is 1. The summed E-state index contributed by atoms with van der Waals surface area (Å²) in [6.07, 6.45) is 1.70. The minimum atomic E-state index is -1.07. The van der Waals surface area contributed by atoms with Gasteiger partial charge in [0, 0.05) is 18.2 Å². The fraction of sp³-hybridized carbons (Fsp3) is 0.400. The molecule has 33 heavy (non-hydrogen) atoms. The standard InChI is InChI=1S/C25H29N3O5/c1-5-7-14-27-23(29)21(24(30)33-6-2)22(17-13-12-16(31-3)15-20(17)32-4)28-19-11-9-8-10-18(19)26-25(27)28/h8-13,15,21-22H,5-7,14H2,1-4H3. The van der Waals surface area contributed by atoms with Crippen LogP contribution in [0, 0.1) is 5.92 Å². The second-order valence-electron chi connectivity index (χ2n) is 7.90. The van der Waals surface area contributed by atoms with E-state index in [9.17, 15) is 9.59 Å². The number of imidazole rings is 1. The van der Waals surface area contributed by atoms with Gasteiger partial charge in [0.1, 0.15) is 11.5 Å². The van der Waals surface area contributed by atoms with Crippen molar-refractivity contribution in [2.45, 2.75) is 32.7 Å². The van der Waals surface area contributed by atoms with Gasteiger partial charge in [0.15, 0.2) is 5.92 Å². The molecule has 1 aromatic heterocycles. The summed E-state index contributed by atoms with van der Waals surface area (Å²) in [7, 11) is 3.13. The third-order valence-corrected chi connectivity index (χ3v) is 5.98. The first-order chi connectivity index (χ1) is 16.0. The van der Waals surface area contributed by atoms with Crippen LogP contribution in [0.15, 0.2) is 42.5 Å². The number of methoxy groups -OCH3 is 2. The Hall–Kier alpha value is -3.55. The zero-order valence-electron chi connectivity index (χ0n) is 19.4. The number of unbranched alkanes of at least 4 members (excludes halogenated alkanes) is 1. The highest BCUT2D eigenvalue weighted by molar-refractivity contribution is 6.08. The minimum Gasteiger partial charge on any atom is -0.497 e. The minimum absolute atomic E-state index is 0.182. The summed E-state index contributed by atoms with van der Waals surface area (Å²) < 4.78 is 18.4. The molecule has 3 aromatic rings. The number of amides is 1. The fourth-order valence-corrected chi connectivity index (χ4v) is 4.42. The predicted molar refractivity (Wildman–Crippen MR) is 125 cm³/mol. The molecule has 8 heteroatoms. The van der Waals surface area contributed by atoms with Crippen LogP contribution in [0.1, 0.15) is 38.3 Å². The van der Waals surface area contributed by atoms with E-state index in [0.717, 1.165) is 23.9 Å². The van der Waals surface area contributed by atoms with Gasteiger partial charge in [-0.15, -0.1) is 0 Å². The number of carbonyl (C=O) groups is 2. The first kappa shape index (κ1) is 22.6. The Labute approximate surface area is 193 Å². The number of anilines is 1. The lowest BCUT2D eigenvalue weighted by molar-refractivity contribution is -0.153. The Kier molecular flexibility index (Phi) is 6.53. The molecule has 0 saturated carbocycles. The molecule has 2 unspecified atom stereocenters. The lowest BCUT2D eigenvalue weighted by atomic mass is 9.88. The Morgan fingerprint density at radius 1 is 1.09 bits per heavy atom. The number of aromatic nitrogens is 2. The number of ether oxygens (including phenoxy) is 3. The van der Waals surface area contributed by atoms with Gasteiger partial charge in [-0.2, -0.15) is 0 Å². The van der Waals surface area contributed by atoms with E-state index >= 15 is 0 Å². The molecule has 4 rings (SSSR count). The molecular weight excluding hydrogens is 422 g/mol. The Bertz CT molecular complexity index is 1170. The molecule has 2 aromatic carbocycles. The molecule has 2 atom stereocenters. The van der Waals surface area contributed by atoms with Crippen LogP contribution >= 0.6 is 0 Å². The molecule has 0 spiro atoms. The van der Waals surface area contributed by atoms with Gasteiger partial charge in [-0.25, -0.2) is 4.98 Å². The maximum atomic E-state index is 13.8. The number of para-hydroxylation sites is 2. The topological polar surface area (TPSA) is 82.9 Å². The third-order valence-electron chi connectivity index (χ3n) is 5.98. The molecule has 0 N–H and O–H groups in total. The van der Waals surface area contributed by atoms with E-state index in [4.69, 9.17) is 19.2 Å². The Balaban J connectivity index is 2.01. The molecular formula is C25H29N3O5. The predicted octanol–water partition coefficient (Wildman–Crippen LogP) is 3.97. The van der Waals surface area contributed by atoms with E-state index in [0.29, 0.717) is 29.6 Å². The Morgan fingerprint density at radius 2 is 1.88 bits per heavy atom. The average Bonchev–Trinajstić information content (AvgIpc) is 3.21. The number of hydrogen-bond acceptors (Lipinski definition) is 6. The fourth-order valence-electron chi connectivity index (χ4n) is 4.42. The van der Waals surface area contributed by atoms with Crippen LogP contribution in [0.3, 0.4) is 0 Å². The van der Waals surface area contributed by atoms with Crippen LogP contribution < -0.4 is 14.4 Å². The normalized spacial score (nSPS) is 17.7. The second kappa shape index (κ2) is 9.52. The van der Waals surface area contributed by atoms with Crippen molar-refractivity contribution in [1.29, 1.82) is 0 Å². The van der Waals surface area contributed by atoms with Gasteiger partial charge in [0.25, 0.3) is 0 Å². The molecule has 0 fully saturated rings. The molecule has 1 aliphatic rings. The first-order valence-electron chi connectivity index (χ1n) is 11.2. The monoisotopic (exact) mass is 451 g/mol. The summed E-state index contributed by atoms with van der Waals surface area (Å²) in [5, 5.41) is 0. The maximum Gasteiger partial charge on any atom is 0.321 e. The highest BCUT2D eigenvalue weighted by Gasteiger charge is 2.48. The lowest BCUT2D eigenvalue weighted by Crippen LogP contribution is -2.50. The number of rotatable bonds is 8. The zero-order valence-corrected chi connectivity index (χ0v) is 19.4. The van der Waals surface area contributed by atoms with Crippen molar-refractivity contribution in [2.24, 2.45) is 5.92 Å². The smallest absolute Gasteiger partial charge is 0.321 e. The summed E-state index contributed by atoms with van der Waals surface area (Å²) in [4.78, 5) is 33.4. The van der Waals surface area contributed by atoms with Crippen molar-refractivity contribution in [3.63, 3.8) is 0 Å². The Morgan fingerprint density at radius 3 is 2.58 bits per heavy atom. The molecule has 0 saturated heterocycles. The van der Waals surface area contributed by atoms with Gasteiger partial charge in [0.05, 0.1) is 37.9 Å². The van der Waals surface area contributed by atoms with Crippen LogP contribution in [-0.4, -0.2) is 48.8 Å². The van der Waals surface area contributed by atoms with Crippen LogP contribution in [0.2, 0.25) is 0 Å². The third kappa shape index (κ3) is 3.90. The number of carbonyl (C=O) groups excluding carboxylic acids is 2. The van der Waals surface area contributed by atoms with E-state index in [1.807, 2.05) is 34.9 Å². The van der Waals surface area contributed by atoms with E-state index in [-0.39, 0.29) is 12.5 Å². The van der Waals surface area contributed by atoms with Gasteiger partial charge in [-0.05, 0) is 37.6 Å². The summed E-state index contributed by atoms with van der Waals surface area (Å²) >= 11 is 0. The number of hydrogen-bond donors (Lipinski definition) is 0. The van der Waals surface area contributed by atoms with Crippen molar-refractivity contribution in [1.82, 2.24) is 9.55 Å². The van der Waals surface area contributed by atoms with E-state index in [1.54, 1.807) is 38.2 Å². The molecule has 0 bridgehead atoms. The second-order valence-corrected chi connectivity index (χ2v) is 7.90. The number of nitrogens with zero attached hydrogens (tertiary/aromatic N) is 3. The number of fused-ring (bicyclic) bond motifs is 3. The van der Waals surface area contributed by atoms with Gasteiger partial charge >= 0.3 is 5.97 Å². The summed E-state index contributed by atoms with van der Waals surface area (Å²) in [5.41, 5.74) is 2.27. The van der Waals surface area contributed by atoms with Crippen molar-refractivity contribution in [3.05, 3.63) is 48.0 Å². The maximum absolute atomic E-state index is 13.8. The summed E-state index contributed by atoms with van der Waals surface area (Å²) in [6, 6.07) is 12.4. The molecule has 8 nitrogen and oxygen atoms in total. The van der Waals surface area contributed by atoms with E-state index in [2.05, 4.69) is 6.92 Å². The largest absolute Gasteiger partial charge is 0.497 e. The molecule has 174 valence electrons. The molecule has 1 aliphatic heterocycles. The van der Waals surface area contributed by atoms with Crippen LogP contribution in [0.4, 0.5) is 5.95 Å². The first-order valence-corrected chi connectivity index (χ1v) is 11.2. The summed E-state index contributed by atoms with van der Waals surface area (Å²) in [6.45, 7) is 4.45. The highest BCUT2D eigenvalue weighted by atomic mass is 16.5. The van der Waals surface area contributed by atoms with Gasteiger partial charge in [0.2, 0.25) is 11.9 Å². The molecule has 2 heterocycles. The van der Waals surface area contributed by atoms with Crippen molar-refractivity contribution < 1.29 is 23.8 Å². The average molecular weight is 452 g/mol. The SMILES string of the molecule is CCCCN1C(=O)C(C(=O)OCC)C(c2ccc(OC)cc2OC)n2c1nc1ccccc12. The van der Waals surface area contributed by atoms with E-state index in [1.165, 1.54) is 0 Å².